The molecule has 0 radical (unpaired) electrons. The van der Waals surface area contributed by atoms with Crippen LogP contribution in [0.3, 0.4) is 0 Å². The van der Waals surface area contributed by atoms with Gasteiger partial charge in [-0.15, -0.1) is 0 Å². The Morgan fingerprint density at radius 2 is 1.08 bits per heavy atom. The van der Waals surface area contributed by atoms with Gasteiger partial charge in [-0.25, -0.2) is 0 Å². The summed E-state index contributed by atoms with van der Waals surface area (Å²) in [5, 5.41) is 0. The van der Waals surface area contributed by atoms with Gasteiger partial charge in [0.25, 0.3) is 0 Å². The molecule has 128 valence electrons. The van der Waals surface area contributed by atoms with Gasteiger partial charge in [0.15, 0.2) is 0 Å². The van der Waals surface area contributed by atoms with Crippen LogP contribution in [0.4, 0.5) is 0 Å². The van der Waals surface area contributed by atoms with Gasteiger partial charge in [0.05, 0.1) is 0 Å². The van der Waals surface area contributed by atoms with E-state index in [-0.39, 0.29) is 23.9 Å². The number of rotatable bonds is 4. The molecule has 2 aromatic rings. The van der Waals surface area contributed by atoms with Crippen LogP contribution < -0.4 is 0 Å². The first-order valence-electron chi connectivity index (χ1n) is 8.93. The average Bonchev–Trinajstić information content (AvgIpc) is 2.90. The number of amides is 2. The number of hydrogen-bond acceptors (Lipinski definition) is 2. The van der Waals surface area contributed by atoms with E-state index in [9.17, 15) is 9.59 Å². The van der Waals surface area contributed by atoms with Crippen molar-refractivity contribution < 1.29 is 9.59 Å². The standard InChI is InChI=1S/C21H22N2O2/c24-20-19-13-7-12-18(22(20)14-16-8-3-1-4-9-16)21(25)23(19)15-17-10-5-2-6-11-17/h1-6,8-11,18-19H,7,12-15H2. The minimum atomic E-state index is -0.324. The molecule has 3 heterocycles. The third-order valence-electron chi connectivity index (χ3n) is 5.24. The van der Waals surface area contributed by atoms with Crippen molar-refractivity contribution in [2.75, 3.05) is 0 Å². The fourth-order valence-corrected chi connectivity index (χ4v) is 3.96. The number of carbonyl (C=O) groups excluding carboxylic acids is 2. The van der Waals surface area contributed by atoms with Crippen molar-refractivity contribution in [1.29, 1.82) is 0 Å². The molecule has 0 aliphatic carbocycles. The van der Waals surface area contributed by atoms with Gasteiger partial charge in [0.2, 0.25) is 11.8 Å². The monoisotopic (exact) mass is 334 g/mol. The van der Waals surface area contributed by atoms with Gasteiger partial charge in [-0.3, -0.25) is 9.59 Å². The Bertz CT molecular complexity index is 694. The Kier molecular flexibility index (Phi) is 4.26. The van der Waals surface area contributed by atoms with E-state index in [1.165, 1.54) is 0 Å². The average molecular weight is 334 g/mol. The topological polar surface area (TPSA) is 40.6 Å². The van der Waals surface area contributed by atoms with E-state index in [0.29, 0.717) is 13.1 Å². The minimum absolute atomic E-state index is 0.0990. The summed E-state index contributed by atoms with van der Waals surface area (Å²) in [5.74, 6) is 0.198. The Labute approximate surface area is 148 Å². The molecule has 2 amide bonds. The molecule has 0 saturated carbocycles. The van der Waals surface area contributed by atoms with Crippen LogP contribution in [-0.4, -0.2) is 33.7 Å². The summed E-state index contributed by atoms with van der Waals surface area (Å²) in [7, 11) is 0. The quantitative estimate of drug-likeness (QED) is 0.862. The second-order valence-electron chi connectivity index (χ2n) is 6.87. The van der Waals surface area contributed by atoms with Crippen LogP contribution in [0.25, 0.3) is 0 Å². The predicted octanol–water partition coefficient (Wildman–Crippen LogP) is 2.98. The lowest BCUT2D eigenvalue weighted by atomic mass is 10.0. The van der Waals surface area contributed by atoms with E-state index in [1.54, 1.807) is 9.80 Å². The predicted molar refractivity (Wildman–Crippen MR) is 95.4 cm³/mol. The fraction of sp³-hybridized carbons (Fsp3) is 0.333. The van der Waals surface area contributed by atoms with Gasteiger partial charge < -0.3 is 9.80 Å². The van der Waals surface area contributed by atoms with Gasteiger partial charge in [0.1, 0.15) is 12.1 Å². The summed E-state index contributed by atoms with van der Waals surface area (Å²) in [5.41, 5.74) is 2.15. The molecule has 0 aromatic heterocycles. The molecule has 0 spiro atoms. The molecular formula is C21H22N2O2. The van der Waals surface area contributed by atoms with Crippen molar-refractivity contribution in [2.24, 2.45) is 0 Å². The minimum Gasteiger partial charge on any atom is -0.325 e. The Morgan fingerprint density at radius 1 is 0.680 bits per heavy atom. The third kappa shape index (κ3) is 3.04. The number of piperazine rings is 1. The van der Waals surface area contributed by atoms with Crippen LogP contribution in [0.2, 0.25) is 0 Å². The molecule has 2 bridgehead atoms. The zero-order valence-electron chi connectivity index (χ0n) is 14.2. The van der Waals surface area contributed by atoms with Crippen molar-refractivity contribution in [3.05, 3.63) is 71.8 Å². The molecular weight excluding hydrogens is 312 g/mol. The molecule has 0 N–H and O–H groups in total. The highest BCUT2D eigenvalue weighted by Crippen LogP contribution is 2.31. The lowest BCUT2D eigenvalue weighted by Gasteiger charge is -2.42. The Hall–Kier alpha value is -2.62. The maximum Gasteiger partial charge on any atom is 0.246 e. The van der Waals surface area contributed by atoms with Crippen molar-refractivity contribution in [1.82, 2.24) is 9.80 Å². The van der Waals surface area contributed by atoms with E-state index in [0.717, 1.165) is 30.4 Å². The maximum absolute atomic E-state index is 13.1. The summed E-state index contributed by atoms with van der Waals surface area (Å²) in [6.45, 7) is 1.04. The highest BCUT2D eigenvalue weighted by atomic mass is 16.2. The van der Waals surface area contributed by atoms with Crippen LogP contribution >= 0.6 is 0 Å². The molecule has 25 heavy (non-hydrogen) atoms. The molecule has 2 unspecified atom stereocenters. The number of benzene rings is 2. The number of hydrogen-bond donors (Lipinski definition) is 0. The van der Waals surface area contributed by atoms with Gasteiger partial charge in [0, 0.05) is 13.1 Å². The largest absolute Gasteiger partial charge is 0.325 e. The first kappa shape index (κ1) is 15.9. The Balaban J connectivity index is 1.59. The number of fused-ring (bicyclic) bond motifs is 4. The van der Waals surface area contributed by atoms with Gasteiger partial charge >= 0.3 is 0 Å². The smallest absolute Gasteiger partial charge is 0.246 e. The van der Waals surface area contributed by atoms with Crippen molar-refractivity contribution in [3.8, 4) is 0 Å². The van der Waals surface area contributed by atoms with Crippen molar-refractivity contribution >= 4 is 11.8 Å². The van der Waals surface area contributed by atoms with Crippen molar-refractivity contribution in [3.63, 3.8) is 0 Å². The van der Waals surface area contributed by atoms with Crippen molar-refractivity contribution in [2.45, 2.75) is 44.4 Å². The molecule has 3 aliphatic rings. The number of carbonyl (C=O) groups is 2. The van der Waals surface area contributed by atoms with E-state index in [4.69, 9.17) is 0 Å². The second kappa shape index (κ2) is 6.71. The van der Waals surface area contributed by atoms with Gasteiger partial charge in [-0.05, 0) is 30.4 Å². The molecule has 4 heteroatoms. The molecule has 5 rings (SSSR count). The first-order chi connectivity index (χ1) is 12.2. The maximum atomic E-state index is 13.1. The highest BCUT2D eigenvalue weighted by molar-refractivity contribution is 5.97. The van der Waals surface area contributed by atoms with E-state index >= 15 is 0 Å². The van der Waals surface area contributed by atoms with E-state index < -0.39 is 0 Å². The van der Waals surface area contributed by atoms with Crippen LogP contribution in [0.15, 0.2) is 60.7 Å². The van der Waals surface area contributed by atoms with Gasteiger partial charge in [-0.1, -0.05) is 60.7 Å². The number of nitrogens with zero attached hydrogens (tertiary/aromatic N) is 2. The van der Waals surface area contributed by atoms with E-state index in [1.807, 2.05) is 60.7 Å². The summed E-state index contributed by atoms with van der Waals surface area (Å²) >= 11 is 0. The molecule has 4 nitrogen and oxygen atoms in total. The van der Waals surface area contributed by atoms with Gasteiger partial charge in [-0.2, -0.15) is 0 Å². The zero-order valence-corrected chi connectivity index (χ0v) is 14.2. The summed E-state index contributed by atoms with van der Waals surface area (Å²) < 4.78 is 0. The highest BCUT2D eigenvalue weighted by Gasteiger charge is 2.47. The molecule has 3 saturated heterocycles. The van der Waals surface area contributed by atoms with Crippen LogP contribution in [-0.2, 0) is 22.7 Å². The molecule has 2 atom stereocenters. The summed E-state index contributed by atoms with van der Waals surface area (Å²) in [6, 6.07) is 19.2. The van der Waals surface area contributed by atoms with Crippen LogP contribution in [0.5, 0.6) is 0 Å². The van der Waals surface area contributed by atoms with E-state index in [2.05, 4.69) is 0 Å². The summed E-state index contributed by atoms with van der Waals surface area (Å²) in [4.78, 5) is 29.8. The first-order valence-corrected chi connectivity index (χ1v) is 8.93. The van der Waals surface area contributed by atoms with Crippen LogP contribution in [0.1, 0.15) is 30.4 Å². The lowest BCUT2D eigenvalue weighted by Crippen LogP contribution is -2.62. The summed E-state index contributed by atoms with van der Waals surface area (Å²) in [6.07, 6.45) is 2.45. The second-order valence-corrected chi connectivity index (χ2v) is 6.87. The van der Waals surface area contributed by atoms with Crippen LogP contribution in [0, 0.1) is 0 Å². The third-order valence-corrected chi connectivity index (χ3v) is 5.24. The fourth-order valence-electron chi connectivity index (χ4n) is 3.96. The molecule has 3 aliphatic heterocycles. The molecule has 3 fully saturated rings. The zero-order chi connectivity index (χ0) is 17.2. The normalized spacial score (nSPS) is 23.0. The Morgan fingerprint density at radius 3 is 1.48 bits per heavy atom. The lowest BCUT2D eigenvalue weighted by molar-refractivity contribution is -0.161. The SMILES string of the molecule is O=C1C2CCCC(C(=O)N2Cc2ccccc2)N1Cc1ccccc1. The molecule has 2 aromatic carbocycles.